The predicted molar refractivity (Wildman–Crippen MR) is 75.9 cm³/mol. The van der Waals surface area contributed by atoms with E-state index in [2.05, 4.69) is 34.1 Å². The molecule has 1 atom stereocenters. The molecule has 1 saturated heterocycles. The summed E-state index contributed by atoms with van der Waals surface area (Å²) in [4.78, 5) is 17.9. The van der Waals surface area contributed by atoms with Gasteiger partial charge in [-0.15, -0.1) is 0 Å². The molecule has 3 rings (SSSR count). The summed E-state index contributed by atoms with van der Waals surface area (Å²) in [6.45, 7) is 1.82. The highest BCUT2D eigenvalue weighted by Crippen LogP contribution is 2.22. The number of likely N-dealkylation sites (tertiary alicyclic amines) is 1. The fraction of sp³-hybridized carbons (Fsp3) is 0.375. The zero-order valence-electron chi connectivity index (χ0n) is 11.0. The Morgan fingerprint density at radius 2 is 2.16 bits per heavy atom. The summed E-state index contributed by atoms with van der Waals surface area (Å²) < 4.78 is 0. The van der Waals surface area contributed by atoms with E-state index in [1.807, 2.05) is 12.3 Å². The van der Waals surface area contributed by atoms with Gasteiger partial charge in [0.25, 0.3) is 0 Å². The van der Waals surface area contributed by atoms with Crippen molar-refractivity contribution in [1.29, 1.82) is 0 Å². The second-order valence-corrected chi connectivity index (χ2v) is 5.16. The van der Waals surface area contributed by atoms with Gasteiger partial charge in [0.05, 0.1) is 11.6 Å². The third kappa shape index (κ3) is 2.51. The van der Waals surface area contributed by atoms with Crippen molar-refractivity contribution in [1.82, 2.24) is 9.88 Å². The zero-order chi connectivity index (χ0) is 13.1. The standard InChI is InChI=1S/C16H18N2O/c19-12-15-8-1-2-10-18(15)11-14-6-3-5-13-7-4-9-17-16(13)14/h3-7,9,12,15H,1-2,8,10-11H2. The van der Waals surface area contributed by atoms with Crippen LogP contribution in [0.4, 0.5) is 0 Å². The molecule has 0 amide bonds. The van der Waals surface area contributed by atoms with Gasteiger partial charge in [0.2, 0.25) is 0 Å². The van der Waals surface area contributed by atoms with E-state index in [-0.39, 0.29) is 6.04 Å². The van der Waals surface area contributed by atoms with Crippen molar-refractivity contribution in [3.63, 3.8) is 0 Å². The number of piperidine rings is 1. The lowest BCUT2D eigenvalue weighted by Gasteiger charge is -2.32. The minimum atomic E-state index is 0.0766. The van der Waals surface area contributed by atoms with Crippen molar-refractivity contribution in [3.05, 3.63) is 42.1 Å². The van der Waals surface area contributed by atoms with E-state index in [1.165, 1.54) is 17.4 Å². The van der Waals surface area contributed by atoms with E-state index in [9.17, 15) is 4.79 Å². The number of carbonyl (C=O) groups is 1. The van der Waals surface area contributed by atoms with Crippen molar-refractivity contribution in [2.24, 2.45) is 0 Å². The summed E-state index contributed by atoms with van der Waals surface area (Å²) in [6, 6.07) is 10.4. The van der Waals surface area contributed by atoms with Crippen LogP contribution < -0.4 is 0 Å². The first-order chi connectivity index (χ1) is 9.38. The normalized spacial score (nSPS) is 20.5. The Hall–Kier alpha value is -1.74. The molecule has 98 valence electrons. The molecule has 2 aromatic rings. The minimum absolute atomic E-state index is 0.0766. The molecule has 1 aliphatic rings. The van der Waals surface area contributed by atoms with Crippen LogP contribution in [0.5, 0.6) is 0 Å². The highest BCUT2D eigenvalue weighted by atomic mass is 16.1. The van der Waals surface area contributed by atoms with Gasteiger partial charge in [-0.2, -0.15) is 0 Å². The first-order valence-electron chi connectivity index (χ1n) is 6.90. The average Bonchev–Trinajstić information content (AvgIpc) is 2.48. The molecule has 1 unspecified atom stereocenters. The molecule has 0 bridgehead atoms. The lowest BCUT2D eigenvalue weighted by molar-refractivity contribution is -0.113. The minimum Gasteiger partial charge on any atom is -0.302 e. The number of hydrogen-bond donors (Lipinski definition) is 0. The molecule has 19 heavy (non-hydrogen) atoms. The monoisotopic (exact) mass is 254 g/mol. The molecule has 1 aliphatic heterocycles. The molecule has 2 heterocycles. The Labute approximate surface area is 113 Å². The van der Waals surface area contributed by atoms with Gasteiger partial charge in [0.15, 0.2) is 0 Å². The van der Waals surface area contributed by atoms with E-state index >= 15 is 0 Å². The zero-order valence-corrected chi connectivity index (χ0v) is 11.0. The summed E-state index contributed by atoms with van der Waals surface area (Å²) in [6.07, 6.45) is 6.26. The Kier molecular flexibility index (Phi) is 3.56. The number of carbonyl (C=O) groups excluding carboxylic acids is 1. The van der Waals surface area contributed by atoms with Gasteiger partial charge in [0, 0.05) is 18.1 Å². The van der Waals surface area contributed by atoms with E-state index in [0.29, 0.717) is 0 Å². The summed E-state index contributed by atoms with van der Waals surface area (Å²) in [5, 5.41) is 1.17. The number of fused-ring (bicyclic) bond motifs is 1. The van der Waals surface area contributed by atoms with Crippen LogP contribution in [0.2, 0.25) is 0 Å². The number of pyridine rings is 1. The molecule has 0 saturated carbocycles. The van der Waals surface area contributed by atoms with E-state index in [4.69, 9.17) is 0 Å². The number of benzene rings is 1. The highest BCUT2D eigenvalue weighted by Gasteiger charge is 2.22. The van der Waals surface area contributed by atoms with E-state index < -0.39 is 0 Å². The molecular weight excluding hydrogens is 236 g/mol. The predicted octanol–water partition coefficient (Wildman–Crippen LogP) is 2.79. The molecule has 0 aliphatic carbocycles. The first kappa shape index (κ1) is 12.3. The van der Waals surface area contributed by atoms with Crippen LogP contribution in [-0.4, -0.2) is 28.8 Å². The molecule has 0 N–H and O–H groups in total. The highest BCUT2D eigenvalue weighted by molar-refractivity contribution is 5.81. The van der Waals surface area contributed by atoms with Crippen LogP contribution in [0.15, 0.2) is 36.5 Å². The summed E-state index contributed by atoms with van der Waals surface area (Å²) in [5.41, 5.74) is 2.27. The number of hydrogen-bond acceptors (Lipinski definition) is 3. The quantitative estimate of drug-likeness (QED) is 0.790. The molecule has 1 aromatic carbocycles. The van der Waals surface area contributed by atoms with Crippen LogP contribution >= 0.6 is 0 Å². The Balaban J connectivity index is 1.90. The largest absolute Gasteiger partial charge is 0.302 e. The number of nitrogens with zero attached hydrogens (tertiary/aromatic N) is 2. The van der Waals surface area contributed by atoms with Crippen LogP contribution in [0, 0.1) is 0 Å². The van der Waals surface area contributed by atoms with Gasteiger partial charge in [-0.25, -0.2) is 0 Å². The van der Waals surface area contributed by atoms with Crippen LogP contribution in [0.3, 0.4) is 0 Å². The topological polar surface area (TPSA) is 33.2 Å². The van der Waals surface area contributed by atoms with Crippen molar-refractivity contribution >= 4 is 17.2 Å². The van der Waals surface area contributed by atoms with Crippen molar-refractivity contribution in [2.45, 2.75) is 31.8 Å². The van der Waals surface area contributed by atoms with Crippen LogP contribution in [-0.2, 0) is 11.3 Å². The number of para-hydroxylation sites is 1. The Morgan fingerprint density at radius 3 is 3.05 bits per heavy atom. The van der Waals surface area contributed by atoms with Crippen LogP contribution in [0.1, 0.15) is 24.8 Å². The maximum atomic E-state index is 11.2. The van der Waals surface area contributed by atoms with Gasteiger partial charge in [-0.3, -0.25) is 9.88 Å². The first-order valence-corrected chi connectivity index (χ1v) is 6.90. The van der Waals surface area contributed by atoms with Crippen molar-refractivity contribution in [3.8, 4) is 0 Å². The van der Waals surface area contributed by atoms with E-state index in [0.717, 1.165) is 37.7 Å². The lowest BCUT2D eigenvalue weighted by Crippen LogP contribution is -2.39. The fourth-order valence-electron chi connectivity index (χ4n) is 2.88. The second-order valence-electron chi connectivity index (χ2n) is 5.16. The smallest absolute Gasteiger partial charge is 0.137 e. The second kappa shape index (κ2) is 5.49. The Bertz CT molecular complexity index is 576. The maximum absolute atomic E-state index is 11.2. The Morgan fingerprint density at radius 1 is 1.26 bits per heavy atom. The third-order valence-electron chi connectivity index (χ3n) is 3.91. The van der Waals surface area contributed by atoms with E-state index in [1.54, 1.807) is 0 Å². The summed E-state index contributed by atoms with van der Waals surface area (Å²) >= 11 is 0. The van der Waals surface area contributed by atoms with Gasteiger partial charge in [-0.05, 0) is 31.0 Å². The molecule has 3 heteroatoms. The van der Waals surface area contributed by atoms with Gasteiger partial charge < -0.3 is 4.79 Å². The third-order valence-corrected chi connectivity index (χ3v) is 3.91. The fourth-order valence-corrected chi connectivity index (χ4v) is 2.88. The molecule has 1 aromatic heterocycles. The maximum Gasteiger partial charge on any atom is 0.137 e. The van der Waals surface area contributed by atoms with Gasteiger partial charge >= 0.3 is 0 Å². The molecule has 1 fully saturated rings. The van der Waals surface area contributed by atoms with Crippen molar-refractivity contribution in [2.75, 3.05) is 6.54 Å². The molecule has 0 spiro atoms. The number of aldehydes is 1. The lowest BCUT2D eigenvalue weighted by atomic mass is 10.0. The summed E-state index contributed by atoms with van der Waals surface area (Å²) in [7, 11) is 0. The van der Waals surface area contributed by atoms with Gasteiger partial charge in [-0.1, -0.05) is 30.7 Å². The number of aromatic nitrogens is 1. The van der Waals surface area contributed by atoms with Gasteiger partial charge in [0.1, 0.15) is 6.29 Å². The number of rotatable bonds is 3. The molecule has 0 radical (unpaired) electrons. The molecular formula is C16H18N2O. The molecule has 3 nitrogen and oxygen atoms in total. The van der Waals surface area contributed by atoms with Crippen LogP contribution in [0.25, 0.3) is 10.9 Å². The summed E-state index contributed by atoms with van der Waals surface area (Å²) in [5.74, 6) is 0. The average molecular weight is 254 g/mol. The SMILES string of the molecule is O=CC1CCCCN1Cc1cccc2cccnc12. The van der Waals surface area contributed by atoms with Crippen molar-refractivity contribution < 1.29 is 4.79 Å².